The van der Waals surface area contributed by atoms with Crippen LogP contribution in [0.3, 0.4) is 0 Å². The van der Waals surface area contributed by atoms with Crippen LogP contribution < -0.4 is 0 Å². The number of hydrogen-bond acceptors (Lipinski definition) is 3. The molecule has 1 aromatic rings. The molecule has 0 radical (unpaired) electrons. The van der Waals surface area contributed by atoms with E-state index in [2.05, 4.69) is 22.2 Å². The van der Waals surface area contributed by atoms with Crippen LogP contribution in [0.25, 0.3) is 0 Å². The van der Waals surface area contributed by atoms with E-state index in [1.54, 1.807) is 0 Å². The highest BCUT2D eigenvalue weighted by molar-refractivity contribution is 6.08. The van der Waals surface area contributed by atoms with Crippen molar-refractivity contribution in [1.29, 1.82) is 0 Å². The van der Waals surface area contributed by atoms with Crippen molar-refractivity contribution in [2.45, 2.75) is 0 Å². The SMILES string of the molecule is C1=NN2CCN=C2c2ccccc21. The second kappa shape index (κ2) is 2.42. The minimum Gasteiger partial charge on any atom is -0.265 e. The maximum Gasteiger partial charge on any atom is 0.152 e. The van der Waals surface area contributed by atoms with Crippen LogP contribution in [-0.4, -0.2) is 30.1 Å². The summed E-state index contributed by atoms with van der Waals surface area (Å²) in [5.41, 5.74) is 2.37. The third kappa shape index (κ3) is 0.900. The Hall–Kier alpha value is -1.64. The highest BCUT2D eigenvalue weighted by atomic mass is 15.5. The normalized spacial score (nSPS) is 18.2. The van der Waals surface area contributed by atoms with Gasteiger partial charge >= 0.3 is 0 Å². The van der Waals surface area contributed by atoms with Gasteiger partial charge in [0.2, 0.25) is 0 Å². The van der Waals surface area contributed by atoms with Gasteiger partial charge < -0.3 is 0 Å². The third-order valence-corrected chi connectivity index (χ3v) is 2.36. The molecule has 0 saturated heterocycles. The van der Waals surface area contributed by atoms with Crippen molar-refractivity contribution < 1.29 is 0 Å². The molecule has 0 bridgehead atoms. The van der Waals surface area contributed by atoms with Crippen LogP contribution in [0, 0.1) is 0 Å². The predicted molar refractivity (Wildman–Crippen MR) is 52.1 cm³/mol. The van der Waals surface area contributed by atoms with Crippen molar-refractivity contribution in [2.24, 2.45) is 10.1 Å². The molecule has 3 rings (SSSR count). The van der Waals surface area contributed by atoms with Gasteiger partial charge in [-0.25, -0.2) is 5.01 Å². The first kappa shape index (κ1) is 6.83. The second-order valence-corrected chi connectivity index (χ2v) is 3.16. The first-order chi connectivity index (χ1) is 6.45. The number of fused-ring (bicyclic) bond motifs is 3. The number of rotatable bonds is 0. The third-order valence-electron chi connectivity index (χ3n) is 2.36. The topological polar surface area (TPSA) is 28.0 Å². The molecule has 0 unspecified atom stereocenters. The lowest BCUT2D eigenvalue weighted by atomic mass is 10.1. The Kier molecular flexibility index (Phi) is 1.27. The fourth-order valence-corrected chi connectivity index (χ4v) is 1.72. The van der Waals surface area contributed by atoms with E-state index in [0.29, 0.717) is 0 Å². The summed E-state index contributed by atoms with van der Waals surface area (Å²) in [6.07, 6.45) is 1.90. The number of benzene rings is 1. The van der Waals surface area contributed by atoms with Crippen LogP contribution in [0.1, 0.15) is 11.1 Å². The predicted octanol–water partition coefficient (Wildman–Crippen LogP) is 1.10. The van der Waals surface area contributed by atoms with Gasteiger partial charge in [0.1, 0.15) is 0 Å². The lowest BCUT2D eigenvalue weighted by molar-refractivity contribution is 0.489. The summed E-state index contributed by atoms with van der Waals surface area (Å²) in [5.74, 6) is 1.03. The van der Waals surface area contributed by atoms with Gasteiger partial charge in [-0.05, 0) is 0 Å². The fourth-order valence-electron chi connectivity index (χ4n) is 1.72. The van der Waals surface area contributed by atoms with Crippen molar-refractivity contribution in [3.63, 3.8) is 0 Å². The summed E-state index contributed by atoms with van der Waals surface area (Å²) in [5, 5.41) is 6.27. The van der Waals surface area contributed by atoms with Gasteiger partial charge in [-0.15, -0.1) is 0 Å². The number of amidine groups is 1. The molecule has 64 valence electrons. The van der Waals surface area contributed by atoms with Gasteiger partial charge in [0, 0.05) is 11.1 Å². The number of hydrogen-bond donors (Lipinski definition) is 0. The summed E-state index contributed by atoms with van der Waals surface area (Å²) >= 11 is 0. The minimum absolute atomic E-state index is 0.862. The highest BCUT2D eigenvalue weighted by Gasteiger charge is 2.22. The zero-order valence-corrected chi connectivity index (χ0v) is 7.14. The zero-order valence-electron chi connectivity index (χ0n) is 7.14. The Morgan fingerprint density at radius 2 is 2.15 bits per heavy atom. The zero-order chi connectivity index (χ0) is 8.67. The van der Waals surface area contributed by atoms with E-state index < -0.39 is 0 Å². The molecule has 0 fully saturated rings. The summed E-state index contributed by atoms with van der Waals surface area (Å²) in [4.78, 5) is 4.43. The van der Waals surface area contributed by atoms with Crippen LogP contribution in [0.2, 0.25) is 0 Å². The Morgan fingerprint density at radius 1 is 1.23 bits per heavy atom. The van der Waals surface area contributed by atoms with Gasteiger partial charge in [-0.1, -0.05) is 24.3 Å². The van der Waals surface area contributed by atoms with Gasteiger partial charge in [0.25, 0.3) is 0 Å². The first-order valence-corrected chi connectivity index (χ1v) is 4.40. The quantitative estimate of drug-likeness (QED) is 0.574. The molecule has 0 saturated carbocycles. The average Bonchev–Trinajstić information content (AvgIpc) is 2.65. The van der Waals surface area contributed by atoms with Crippen molar-refractivity contribution in [1.82, 2.24) is 5.01 Å². The molecule has 13 heavy (non-hydrogen) atoms. The molecular formula is C10H9N3. The van der Waals surface area contributed by atoms with Crippen LogP contribution in [0.15, 0.2) is 34.4 Å². The Bertz CT molecular complexity index is 406. The number of nitrogens with zero attached hydrogens (tertiary/aromatic N) is 3. The molecule has 2 aliphatic heterocycles. The average molecular weight is 171 g/mol. The van der Waals surface area contributed by atoms with E-state index >= 15 is 0 Å². The Morgan fingerprint density at radius 3 is 3.15 bits per heavy atom. The molecule has 0 spiro atoms. The molecule has 0 atom stereocenters. The molecule has 3 heteroatoms. The molecule has 1 aromatic carbocycles. The minimum atomic E-state index is 0.862. The van der Waals surface area contributed by atoms with Gasteiger partial charge in [0.05, 0.1) is 19.3 Å². The molecule has 2 aliphatic rings. The number of aliphatic imine (C=N–C) groups is 1. The van der Waals surface area contributed by atoms with Crippen molar-refractivity contribution in [2.75, 3.05) is 13.1 Å². The van der Waals surface area contributed by atoms with Gasteiger partial charge in [-0.2, -0.15) is 5.10 Å². The van der Waals surface area contributed by atoms with E-state index in [1.165, 1.54) is 11.1 Å². The van der Waals surface area contributed by atoms with Crippen LogP contribution in [0.4, 0.5) is 0 Å². The molecule has 0 amide bonds. The summed E-state index contributed by atoms with van der Waals surface area (Å²) in [6.45, 7) is 1.78. The van der Waals surface area contributed by atoms with Crippen LogP contribution in [0.5, 0.6) is 0 Å². The highest BCUT2D eigenvalue weighted by Crippen LogP contribution is 2.18. The maximum atomic E-state index is 4.43. The lowest BCUT2D eigenvalue weighted by Gasteiger charge is -2.19. The molecule has 0 N–H and O–H groups in total. The molecule has 0 aromatic heterocycles. The second-order valence-electron chi connectivity index (χ2n) is 3.16. The monoisotopic (exact) mass is 171 g/mol. The fraction of sp³-hybridized carbons (Fsp3) is 0.200. The standard InChI is InChI=1S/C10H9N3/c1-2-4-9-8(3-1)7-12-13-6-5-11-10(9)13/h1-4,7H,5-6H2. The largest absolute Gasteiger partial charge is 0.265 e. The summed E-state index contributed by atoms with van der Waals surface area (Å²) in [6, 6.07) is 8.22. The molecule has 2 heterocycles. The van der Waals surface area contributed by atoms with E-state index in [1.807, 2.05) is 23.4 Å². The van der Waals surface area contributed by atoms with Gasteiger partial charge in [0.15, 0.2) is 5.84 Å². The van der Waals surface area contributed by atoms with E-state index in [-0.39, 0.29) is 0 Å². The summed E-state index contributed by atoms with van der Waals surface area (Å²) in [7, 11) is 0. The van der Waals surface area contributed by atoms with Crippen LogP contribution >= 0.6 is 0 Å². The number of hydrazone groups is 1. The van der Waals surface area contributed by atoms with Crippen LogP contribution in [-0.2, 0) is 0 Å². The Balaban J connectivity index is 2.23. The summed E-state index contributed by atoms with van der Waals surface area (Å²) < 4.78 is 0. The first-order valence-electron chi connectivity index (χ1n) is 4.40. The smallest absolute Gasteiger partial charge is 0.152 e. The van der Waals surface area contributed by atoms with E-state index in [0.717, 1.165) is 18.9 Å². The van der Waals surface area contributed by atoms with Crippen molar-refractivity contribution in [3.8, 4) is 0 Å². The lowest BCUT2D eigenvalue weighted by Crippen LogP contribution is -2.27. The van der Waals surface area contributed by atoms with Crippen molar-refractivity contribution in [3.05, 3.63) is 35.4 Å². The molecule has 3 nitrogen and oxygen atoms in total. The van der Waals surface area contributed by atoms with E-state index in [9.17, 15) is 0 Å². The molecule has 0 aliphatic carbocycles. The molecular weight excluding hydrogens is 162 g/mol. The van der Waals surface area contributed by atoms with E-state index in [4.69, 9.17) is 0 Å². The van der Waals surface area contributed by atoms with Gasteiger partial charge in [-0.3, -0.25) is 4.99 Å². The Labute approximate surface area is 76.4 Å². The van der Waals surface area contributed by atoms with Crippen molar-refractivity contribution >= 4 is 12.1 Å². The maximum absolute atomic E-state index is 4.43.